The lowest BCUT2D eigenvalue weighted by molar-refractivity contribution is 0.0880. The highest BCUT2D eigenvalue weighted by atomic mass is 16.4. The summed E-state index contributed by atoms with van der Waals surface area (Å²) in [4.78, 5) is 0. The molecule has 1 atom stereocenters. The van der Waals surface area contributed by atoms with Crippen LogP contribution in [0.4, 0.5) is 0 Å². The highest BCUT2D eigenvalue weighted by Gasteiger charge is 2.26. The Bertz CT molecular complexity index is 344. The minimum Gasteiger partial charge on any atom is -0.421 e. The van der Waals surface area contributed by atoms with E-state index >= 15 is 0 Å². The van der Waals surface area contributed by atoms with Crippen LogP contribution in [0.15, 0.2) is 4.42 Å². The molecular formula is C9H12N2O2. The third kappa shape index (κ3) is 2.30. The average Bonchev–Trinajstić information content (AvgIpc) is 2.49. The molecule has 0 bridgehead atoms. The molecule has 1 heterocycles. The Hall–Kier alpha value is -1.34. The van der Waals surface area contributed by atoms with Crippen LogP contribution in [0, 0.1) is 18.8 Å². The molecule has 0 aliphatic carbocycles. The number of aryl methyl sites for hydroxylation is 1. The van der Waals surface area contributed by atoms with Gasteiger partial charge in [-0.3, -0.25) is 0 Å². The Balaban J connectivity index is 2.93. The van der Waals surface area contributed by atoms with Crippen molar-refractivity contribution >= 4 is 0 Å². The number of aliphatic hydroxyl groups is 1. The van der Waals surface area contributed by atoms with E-state index in [2.05, 4.69) is 22.0 Å². The van der Waals surface area contributed by atoms with Crippen LogP contribution in [-0.4, -0.2) is 15.3 Å². The number of aromatic nitrogens is 2. The van der Waals surface area contributed by atoms with E-state index in [1.54, 1.807) is 6.92 Å². The fourth-order valence-electron chi connectivity index (χ4n) is 0.807. The van der Waals surface area contributed by atoms with Crippen LogP contribution in [0.5, 0.6) is 0 Å². The summed E-state index contributed by atoms with van der Waals surface area (Å²) in [5, 5.41) is 17.1. The molecule has 1 N–H and O–H groups in total. The summed E-state index contributed by atoms with van der Waals surface area (Å²) in [6.07, 6.45) is 0.684. The number of hydrogen-bond acceptors (Lipinski definition) is 4. The SMILES string of the molecule is CCC#CC(C)(O)c1nnc(C)o1. The van der Waals surface area contributed by atoms with Crippen LogP contribution in [0.3, 0.4) is 0 Å². The molecule has 0 aromatic carbocycles. The zero-order chi connectivity index (χ0) is 9.90. The smallest absolute Gasteiger partial charge is 0.260 e. The molecule has 0 spiro atoms. The largest absolute Gasteiger partial charge is 0.421 e. The molecule has 0 amide bonds. The monoisotopic (exact) mass is 180 g/mol. The van der Waals surface area contributed by atoms with Crippen LogP contribution < -0.4 is 0 Å². The molecule has 4 heteroatoms. The van der Waals surface area contributed by atoms with Crippen molar-refractivity contribution in [3.63, 3.8) is 0 Å². The van der Waals surface area contributed by atoms with E-state index in [0.717, 1.165) is 0 Å². The Labute approximate surface area is 77.0 Å². The van der Waals surface area contributed by atoms with Crippen LogP contribution >= 0.6 is 0 Å². The third-order valence-electron chi connectivity index (χ3n) is 1.45. The maximum absolute atomic E-state index is 9.76. The van der Waals surface area contributed by atoms with Crippen molar-refractivity contribution in [2.45, 2.75) is 32.8 Å². The van der Waals surface area contributed by atoms with E-state index in [1.165, 1.54) is 6.92 Å². The summed E-state index contributed by atoms with van der Waals surface area (Å²) in [5.41, 5.74) is -1.34. The quantitative estimate of drug-likeness (QED) is 0.655. The molecule has 1 unspecified atom stereocenters. The van der Waals surface area contributed by atoms with Crippen molar-refractivity contribution in [1.29, 1.82) is 0 Å². The maximum atomic E-state index is 9.76. The van der Waals surface area contributed by atoms with Crippen molar-refractivity contribution in [2.24, 2.45) is 0 Å². The molecule has 1 aromatic heterocycles. The van der Waals surface area contributed by atoms with Gasteiger partial charge in [0.15, 0.2) is 0 Å². The van der Waals surface area contributed by atoms with Gasteiger partial charge in [0.1, 0.15) is 0 Å². The Morgan fingerprint density at radius 3 is 2.69 bits per heavy atom. The zero-order valence-electron chi connectivity index (χ0n) is 7.96. The van der Waals surface area contributed by atoms with Crippen LogP contribution in [0.2, 0.25) is 0 Å². The highest BCUT2D eigenvalue weighted by Crippen LogP contribution is 2.17. The van der Waals surface area contributed by atoms with Gasteiger partial charge < -0.3 is 9.52 Å². The fraction of sp³-hybridized carbons (Fsp3) is 0.556. The number of nitrogens with zero attached hydrogens (tertiary/aromatic N) is 2. The third-order valence-corrected chi connectivity index (χ3v) is 1.45. The van der Waals surface area contributed by atoms with Crippen molar-refractivity contribution < 1.29 is 9.52 Å². The topological polar surface area (TPSA) is 59.2 Å². The predicted molar refractivity (Wildman–Crippen MR) is 46.7 cm³/mol. The van der Waals surface area contributed by atoms with Gasteiger partial charge in [-0.1, -0.05) is 12.8 Å². The van der Waals surface area contributed by atoms with E-state index in [1.807, 2.05) is 6.92 Å². The molecule has 0 fully saturated rings. The maximum Gasteiger partial charge on any atom is 0.260 e. The van der Waals surface area contributed by atoms with E-state index in [-0.39, 0.29) is 5.89 Å². The molecule has 0 aliphatic rings. The summed E-state index contributed by atoms with van der Waals surface area (Å²) >= 11 is 0. The summed E-state index contributed by atoms with van der Waals surface area (Å²) < 4.78 is 5.07. The minimum absolute atomic E-state index is 0.144. The molecular weight excluding hydrogens is 168 g/mol. The first-order valence-electron chi connectivity index (χ1n) is 4.09. The summed E-state index contributed by atoms with van der Waals surface area (Å²) in [5.74, 6) is 5.99. The van der Waals surface area contributed by atoms with E-state index in [9.17, 15) is 5.11 Å². The van der Waals surface area contributed by atoms with E-state index < -0.39 is 5.60 Å². The summed E-state index contributed by atoms with van der Waals surface area (Å²) in [7, 11) is 0. The second-order valence-electron chi connectivity index (χ2n) is 2.85. The normalized spacial score (nSPS) is 14.5. The predicted octanol–water partition coefficient (Wildman–Crippen LogP) is 0.999. The van der Waals surface area contributed by atoms with Gasteiger partial charge in [0.2, 0.25) is 11.5 Å². The van der Waals surface area contributed by atoms with Crippen molar-refractivity contribution in [3.8, 4) is 11.8 Å². The Kier molecular flexibility index (Phi) is 2.69. The van der Waals surface area contributed by atoms with Crippen LogP contribution in [0.1, 0.15) is 32.0 Å². The Morgan fingerprint density at radius 2 is 2.23 bits per heavy atom. The molecule has 1 aromatic rings. The molecule has 0 aliphatic heterocycles. The first-order valence-corrected chi connectivity index (χ1v) is 4.09. The van der Waals surface area contributed by atoms with Gasteiger partial charge in [-0.25, -0.2) is 0 Å². The van der Waals surface area contributed by atoms with Crippen LogP contribution in [-0.2, 0) is 5.60 Å². The molecule has 0 radical (unpaired) electrons. The molecule has 13 heavy (non-hydrogen) atoms. The average molecular weight is 180 g/mol. The number of hydrogen-bond donors (Lipinski definition) is 1. The molecule has 0 saturated heterocycles. The zero-order valence-corrected chi connectivity index (χ0v) is 7.96. The summed E-state index contributed by atoms with van der Waals surface area (Å²) in [6.45, 7) is 5.10. The standard InChI is InChI=1S/C9H12N2O2/c1-4-5-6-9(3,12)8-11-10-7(2)13-8/h12H,4H2,1-3H3. The lowest BCUT2D eigenvalue weighted by Crippen LogP contribution is -2.18. The number of rotatable bonds is 1. The second kappa shape index (κ2) is 3.58. The molecule has 4 nitrogen and oxygen atoms in total. The molecule has 1 rings (SSSR count). The minimum atomic E-state index is -1.34. The van der Waals surface area contributed by atoms with Crippen molar-refractivity contribution in [2.75, 3.05) is 0 Å². The lowest BCUT2D eigenvalue weighted by Gasteiger charge is -2.09. The molecule has 70 valence electrons. The van der Waals surface area contributed by atoms with Gasteiger partial charge in [-0.05, 0) is 6.92 Å². The van der Waals surface area contributed by atoms with Gasteiger partial charge in [0.05, 0.1) is 0 Å². The van der Waals surface area contributed by atoms with Gasteiger partial charge in [-0.2, -0.15) is 0 Å². The van der Waals surface area contributed by atoms with Gasteiger partial charge in [0.25, 0.3) is 5.89 Å². The van der Waals surface area contributed by atoms with Crippen molar-refractivity contribution in [3.05, 3.63) is 11.8 Å². The molecule has 0 saturated carbocycles. The second-order valence-corrected chi connectivity index (χ2v) is 2.85. The first kappa shape index (κ1) is 9.75. The van der Waals surface area contributed by atoms with Crippen LogP contribution in [0.25, 0.3) is 0 Å². The first-order chi connectivity index (χ1) is 6.06. The van der Waals surface area contributed by atoms with E-state index in [0.29, 0.717) is 12.3 Å². The Morgan fingerprint density at radius 1 is 1.54 bits per heavy atom. The van der Waals surface area contributed by atoms with E-state index in [4.69, 9.17) is 4.42 Å². The van der Waals surface area contributed by atoms with Gasteiger partial charge >= 0.3 is 0 Å². The summed E-state index contributed by atoms with van der Waals surface area (Å²) in [6, 6.07) is 0. The van der Waals surface area contributed by atoms with Crippen molar-refractivity contribution in [1.82, 2.24) is 10.2 Å². The lowest BCUT2D eigenvalue weighted by atomic mass is 10.1. The fourth-order valence-corrected chi connectivity index (χ4v) is 0.807. The van der Waals surface area contributed by atoms with Gasteiger partial charge in [0, 0.05) is 13.3 Å². The highest BCUT2D eigenvalue weighted by molar-refractivity contribution is 5.17. The van der Waals surface area contributed by atoms with Gasteiger partial charge in [-0.15, -0.1) is 16.1 Å².